The van der Waals surface area contributed by atoms with Crippen LogP contribution in [0.5, 0.6) is 5.75 Å². The van der Waals surface area contributed by atoms with E-state index in [2.05, 4.69) is 31.2 Å². The number of hydrogen-bond donors (Lipinski definition) is 0. The summed E-state index contributed by atoms with van der Waals surface area (Å²) < 4.78 is 6.06. The molecule has 0 saturated heterocycles. The number of fused-ring (bicyclic) bond motifs is 1. The summed E-state index contributed by atoms with van der Waals surface area (Å²) in [7, 11) is 0. The molecule has 4 heteroatoms. The quantitative estimate of drug-likeness (QED) is 0.580. The lowest BCUT2D eigenvalue weighted by Gasteiger charge is -2.29. The van der Waals surface area contributed by atoms with Gasteiger partial charge in [0.15, 0.2) is 0 Å². The van der Waals surface area contributed by atoms with Crippen LogP contribution in [0.3, 0.4) is 0 Å². The summed E-state index contributed by atoms with van der Waals surface area (Å²) in [5.74, 6) is 0.856. The summed E-state index contributed by atoms with van der Waals surface area (Å²) in [5, 5.41) is 0.703. The third-order valence-electron chi connectivity index (χ3n) is 5.08. The van der Waals surface area contributed by atoms with E-state index in [1.807, 2.05) is 47.4 Å². The highest BCUT2D eigenvalue weighted by atomic mass is 35.5. The Morgan fingerprint density at radius 2 is 1.68 bits per heavy atom. The van der Waals surface area contributed by atoms with Crippen LogP contribution >= 0.6 is 11.6 Å². The molecule has 28 heavy (non-hydrogen) atoms. The molecule has 4 rings (SSSR count). The number of aryl methyl sites for hydroxylation is 1. The van der Waals surface area contributed by atoms with Gasteiger partial charge in [-0.2, -0.15) is 0 Å². The van der Waals surface area contributed by atoms with Gasteiger partial charge in [-0.25, -0.2) is 0 Å². The van der Waals surface area contributed by atoms with Crippen LogP contribution in [0.1, 0.15) is 32.6 Å². The van der Waals surface area contributed by atoms with Crippen LogP contribution in [0, 0.1) is 6.92 Å². The fraction of sp³-hybridized carbons (Fsp3) is 0.208. The predicted octanol–water partition coefficient (Wildman–Crippen LogP) is 5.43. The highest BCUT2D eigenvalue weighted by Crippen LogP contribution is 2.29. The summed E-state index contributed by atoms with van der Waals surface area (Å²) in [6, 6.07) is 21.7. The number of rotatable bonds is 5. The normalized spacial score (nSPS) is 13.4. The zero-order valence-electron chi connectivity index (χ0n) is 15.8. The van der Waals surface area contributed by atoms with Crippen molar-refractivity contribution in [3.05, 3.63) is 99.6 Å². The molecule has 1 heterocycles. The molecule has 0 atom stereocenters. The molecule has 0 radical (unpaired) electrons. The van der Waals surface area contributed by atoms with E-state index in [0.717, 1.165) is 34.4 Å². The lowest BCUT2D eigenvalue weighted by atomic mass is 9.97. The highest BCUT2D eigenvalue weighted by molar-refractivity contribution is 6.30. The second-order valence-electron chi connectivity index (χ2n) is 7.16. The summed E-state index contributed by atoms with van der Waals surface area (Å²) in [4.78, 5) is 14.9. The van der Waals surface area contributed by atoms with Gasteiger partial charge in [-0.3, -0.25) is 4.79 Å². The molecule has 0 unspecified atom stereocenters. The maximum absolute atomic E-state index is 13.0. The van der Waals surface area contributed by atoms with Crippen molar-refractivity contribution < 1.29 is 9.53 Å². The number of nitrogens with zero attached hydrogens (tertiary/aromatic N) is 1. The molecular formula is C24H22ClNO2. The minimum Gasteiger partial charge on any atom is -0.489 e. The van der Waals surface area contributed by atoms with Crippen molar-refractivity contribution in [3.63, 3.8) is 0 Å². The molecule has 0 N–H and O–H groups in total. The SMILES string of the molecule is Cc1ccc(COc2cccc3c2CCN(Cc2ccc(Cl)cc2)C3=O)cc1. The molecule has 1 aliphatic heterocycles. The number of amides is 1. The van der Waals surface area contributed by atoms with Gasteiger partial charge in [0.1, 0.15) is 12.4 Å². The van der Waals surface area contributed by atoms with Gasteiger partial charge in [0.05, 0.1) is 0 Å². The van der Waals surface area contributed by atoms with E-state index >= 15 is 0 Å². The first-order valence-electron chi connectivity index (χ1n) is 9.44. The lowest BCUT2D eigenvalue weighted by Crippen LogP contribution is -2.37. The molecule has 1 amide bonds. The molecule has 3 aromatic rings. The molecule has 142 valence electrons. The molecule has 0 bridgehead atoms. The van der Waals surface area contributed by atoms with E-state index in [9.17, 15) is 4.79 Å². The van der Waals surface area contributed by atoms with Crippen molar-refractivity contribution in [2.45, 2.75) is 26.5 Å². The van der Waals surface area contributed by atoms with Gasteiger partial charge < -0.3 is 9.64 Å². The van der Waals surface area contributed by atoms with E-state index in [4.69, 9.17) is 16.3 Å². The molecule has 3 aromatic carbocycles. The van der Waals surface area contributed by atoms with Crippen molar-refractivity contribution in [2.75, 3.05) is 6.54 Å². The Kier molecular flexibility index (Phi) is 5.36. The Morgan fingerprint density at radius 1 is 0.964 bits per heavy atom. The molecule has 3 nitrogen and oxygen atoms in total. The topological polar surface area (TPSA) is 29.5 Å². The minimum atomic E-state index is 0.0528. The van der Waals surface area contributed by atoms with Crippen molar-refractivity contribution in [3.8, 4) is 5.75 Å². The molecule has 0 fully saturated rings. The van der Waals surface area contributed by atoms with Gasteiger partial charge in [-0.05, 0) is 48.7 Å². The van der Waals surface area contributed by atoms with Crippen molar-refractivity contribution >= 4 is 17.5 Å². The van der Waals surface area contributed by atoms with Crippen LogP contribution in [0.25, 0.3) is 0 Å². The molecule has 0 aliphatic carbocycles. The van der Waals surface area contributed by atoms with Crippen LogP contribution in [-0.4, -0.2) is 17.4 Å². The van der Waals surface area contributed by atoms with Gasteiger partial charge >= 0.3 is 0 Å². The number of halogens is 1. The number of carbonyl (C=O) groups is 1. The monoisotopic (exact) mass is 391 g/mol. The Bertz CT molecular complexity index is 980. The average Bonchev–Trinajstić information content (AvgIpc) is 2.71. The van der Waals surface area contributed by atoms with E-state index in [0.29, 0.717) is 24.7 Å². The van der Waals surface area contributed by atoms with Crippen molar-refractivity contribution in [1.29, 1.82) is 0 Å². The van der Waals surface area contributed by atoms with E-state index < -0.39 is 0 Å². The third-order valence-corrected chi connectivity index (χ3v) is 5.34. The third kappa shape index (κ3) is 4.05. The van der Waals surface area contributed by atoms with Crippen molar-refractivity contribution in [1.82, 2.24) is 4.90 Å². The first-order chi connectivity index (χ1) is 13.6. The zero-order valence-corrected chi connectivity index (χ0v) is 16.6. The summed E-state index contributed by atoms with van der Waals surface area (Å²) in [6.07, 6.45) is 0.790. The molecule has 0 aromatic heterocycles. The summed E-state index contributed by atoms with van der Waals surface area (Å²) in [5.41, 5.74) is 5.17. The Labute approximate surface area is 170 Å². The molecule has 0 saturated carbocycles. The minimum absolute atomic E-state index is 0.0528. The average molecular weight is 392 g/mol. The number of hydrogen-bond acceptors (Lipinski definition) is 2. The summed E-state index contributed by atoms with van der Waals surface area (Å²) in [6.45, 7) is 3.84. The maximum Gasteiger partial charge on any atom is 0.254 e. The molecule has 0 spiro atoms. The van der Waals surface area contributed by atoms with Gasteiger partial charge in [-0.15, -0.1) is 0 Å². The fourth-order valence-corrected chi connectivity index (χ4v) is 3.61. The first kappa shape index (κ1) is 18.6. The van der Waals surface area contributed by atoms with Crippen LogP contribution in [0.15, 0.2) is 66.7 Å². The van der Waals surface area contributed by atoms with E-state index in [1.165, 1.54) is 5.56 Å². The van der Waals surface area contributed by atoms with Gasteiger partial charge in [-0.1, -0.05) is 59.6 Å². The summed E-state index contributed by atoms with van der Waals surface area (Å²) >= 11 is 5.95. The lowest BCUT2D eigenvalue weighted by molar-refractivity contribution is 0.0725. The Balaban J connectivity index is 1.49. The number of carbonyl (C=O) groups excluding carboxylic acids is 1. The fourth-order valence-electron chi connectivity index (χ4n) is 3.48. The van der Waals surface area contributed by atoms with Crippen LogP contribution in [-0.2, 0) is 19.6 Å². The zero-order chi connectivity index (χ0) is 19.5. The van der Waals surface area contributed by atoms with Crippen molar-refractivity contribution in [2.24, 2.45) is 0 Å². The standard InChI is InChI=1S/C24H22ClNO2/c1-17-5-7-19(8-6-17)16-28-23-4-2-3-22-21(23)13-14-26(24(22)27)15-18-9-11-20(25)12-10-18/h2-12H,13-16H2,1H3. The Morgan fingerprint density at radius 3 is 2.43 bits per heavy atom. The molecule has 1 aliphatic rings. The van der Waals surface area contributed by atoms with E-state index in [1.54, 1.807) is 0 Å². The van der Waals surface area contributed by atoms with Crippen LogP contribution in [0.4, 0.5) is 0 Å². The molecular weight excluding hydrogens is 370 g/mol. The van der Waals surface area contributed by atoms with Gasteiger partial charge in [0.2, 0.25) is 0 Å². The number of ether oxygens (including phenoxy) is 1. The van der Waals surface area contributed by atoms with E-state index in [-0.39, 0.29) is 5.91 Å². The second-order valence-corrected chi connectivity index (χ2v) is 7.60. The smallest absolute Gasteiger partial charge is 0.254 e. The van der Waals surface area contributed by atoms with Gasteiger partial charge in [0.25, 0.3) is 5.91 Å². The predicted molar refractivity (Wildman–Crippen MR) is 112 cm³/mol. The largest absolute Gasteiger partial charge is 0.489 e. The van der Waals surface area contributed by atoms with Gasteiger partial charge in [0, 0.05) is 29.2 Å². The van der Waals surface area contributed by atoms with Crippen LogP contribution < -0.4 is 4.74 Å². The van der Waals surface area contributed by atoms with Crippen LogP contribution in [0.2, 0.25) is 5.02 Å². The number of benzene rings is 3. The highest BCUT2D eigenvalue weighted by Gasteiger charge is 2.26. The maximum atomic E-state index is 13.0. The Hall–Kier alpha value is -2.78. The second kappa shape index (κ2) is 8.07. The first-order valence-corrected chi connectivity index (χ1v) is 9.82.